The molecule has 3 atom stereocenters. The van der Waals surface area contributed by atoms with Gasteiger partial charge in [0.1, 0.15) is 0 Å². The third-order valence-corrected chi connectivity index (χ3v) is 4.76. The summed E-state index contributed by atoms with van der Waals surface area (Å²) < 4.78 is 0. The smallest absolute Gasteiger partial charge is 0.307 e. The second-order valence-electron chi connectivity index (χ2n) is 5.96. The molecule has 1 amide bonds. The minimum absolute atomic E-state index is 0.0197. The molecule has 0 radical (unpaired) electrons. The molecule has 3 rings (SSSR count). The maximum atomic E-state index is 12.8. The van der Waals surface area contributed by atoms with E-state index in [1.165, 1.54) is 0 Å². The first-order chi connectivity index (χ1) is 10.2. The summed E-state index contributed by atoms with van der Waals surface area (Å²) in [4.78, 5) is 30.1. The molecule has 112 valence electrons. The van der Waals surface area contributed by atoms with Crippen molar-refractivity contribution in [2.24, 2.45) is 11.8 Å². The molecule has 0 aromatic carbocycles. The van der Waals surface area contributed by atoms with E-state index in [-0.39, 0.29) is 17.9 Å². The van der Waals surface area contributed by atoms with E-state index in [0.717, 1.165) is 31.4 Å². The molecule has 5 heteroatoms. The normalized spacial score (nSPS) is 28.8. The van der Waals surface area contributed by atoms with Gasteiger partial charge in [-0.25, -0.2) is 0 Å². The molecule has 0 spiro atoms. The number of aliphatic carboxylic acids is 1. The van der Waals surface area contributed by atoms with Gasteiger partial charge in [-0.15, -0.1) is 0 Å². The van der Waals surface area contributed by atoms with Gasteiger partial charge in [-0.1, -0.05) is 12.5 Å². The zero-order valence-corrected chi connectivity index (χ0v) is 11.9. The number of rotatable bonds is 3. The molecule has 1 saturated heterocycles. The van der Waals surface area contributed by atoms with Gasteiger partial charge >= 0.3 is 5.97 Å². The van der Waals surface area contributed by atoms with Crippen molar-refractivity contribution in [3.63, 3.8) is 0 Å². The number of amides is 1. The lowest BCUT2D eigenvalue weighted by Gasteiger charge is -2.29. The van der Waals surface area contributed by atoms with Crippen LogP contribution in [0.2, 0.25) is 0 Å². The Morgan fingerprint density at radius 3 is 2.71 bits per heavy atom. The largest absolute Gasteiger partial charge is 0.481 e. The predicted molar refractivity (Wildman–Crippen MR) is 76.4 cm³/mol. The van der Waals surface area contributed by atoms with E-state index in [4.69, 9.17) is 0 Å². The van der Waals surface area contributed by atoms with E-state index >= 15 is 0 Å². The van der Waals surface area contributed by atoms with E-state index in [0.29, 0.717) is 12.8 Å². The average molecular weight is 288 g/mol. The summed E-state index contributed by atoms with van der Waals surface area (Å²) in [6, 6.07) is 3.93. The van der Waals surface area contributed by atoms with Crippen LogP contribution in [0.1, 0.15) is 43.7 Å². The summed E-state index contributed by atoms with van der Waals surface area (Å²) in [5.41, 5.74) is 1.05. The number of carboxylic acids is 1. The molecule has 1 aromatic heterocycles. The molecular weight excluding hydrogens is 268 g/mol. The van der Waals surface area contributed by atoms with Gasteiger partial charge in [0.25, 0.3) is 0 Å². The maximum Gasteiger partial charge on any atom is 0.307 e. The van der Waals surface area contributed by atoms with Crippen LogP contribution < -0.4 is 0 Å². The Morgan fingerprint density at radius 2 is 2.00 bits per heavy atom. The highest BCUT2D eigenvalue weighted by atomic mass is 16.4. The predicted octanol–water partition coefficient (Wildman–Crippen LogP) is 2.25. The Morgan fingerprint density at radius 1 is 1.19 bits per heavy atom. The topological polar surface area (TPSA) is 70.5 Å². The zero-order valence-electron chi connectivity index (χ0n) is 11.9. The lowest BCUT2D eigenvalue weighted by atomic mass is 9.94. The van der Waals surface area contributed by atoms with Gasteiger partial charge in [0.2, 0.25) is 5.91 Å². The molecule has 1 aromatic rings. The first-order valence-electron chi connectivity index (χ1n) is 7.61. The van der Waals surface area contributed by atoms with Crippen molar-refractivity contribution in [2.75, 3.05) is 6.54 Å². The number of pyridine rings is 1. The van der Waals surface area contributed by atoms with E-state index in [1.54, 1.807) is 12.4 Å². The molecule has 21 heavy (non-hydrogen) atoms. The number of carbonyl (C=O) groups is 2. The molecule has 1 N–H and O–H groups in total. The summed E-state index contributed by atoms with van der Waals surface area (Å²) in [5, 5.41) is 9.28. The lowest BCUT2D eigenvalue weighted by Crippen LogP contribution is -2.38. The standard InChI is InChI=1S/C16H20N2O3/c19-15(12-5-1-6-13(12)16(20)21)18-9-3-7-14(18)11-4-2-8-17-10-11/h2,4,8,10,12-14H,1,3,5-7,9H2,(H,20,21). The monoisotopic (exact) mass is 288 g/mol. The minimum atomic E-state index is -0.831. The summed E-state index contributed by atoms with van der Waals surface area (Å²) in [5.74, 6) is -1.67. The van der Waals surface area contributed by atoms with E-state index < -0.39 is 11.9 Å². The summed E-state index contributed by atoms with van der Waals surface area (Å²) in [7, 11) is 0. The van der Waals surface area contributed by atoms with Crippen molar-refractivity contribution in [1.82, 2.24) is 9.88 Å². The van der Waals surface area contributed by atoms with Crippen LogP contribution in [0.4, 0.5) is 0 Å². The van der Waals surface area contributed by atoms with Crippen molar-refractivity contribution in [3.05, 3.63) is 30.1 Å². The number of hydrogen-bond acceptors (Lipinski definition) is 3. The van der Waals surface area contributed by atoms with Crippen molar-refractivity contribution < 1.29 is 14.7 Å². The summed E-state index contributed by atoms with van der Waals surface area (Å²) in [6.45, 7) is 0.723. The van der Waals surface area contributed by atoms with Crippen LogP contribution >= 0.6 is 0 Å². The molecule has 2 aliphatic rings. The van der Waals surface area contributed by atoms with Crippen LogP contribution in [-0.2, 0) is 9.59 Å². The molecular formula is C16H20N2O3. The number of aromatic nitrogens is 1. The molecule has 1 aliphatic heterocycles. The first kappa shape index (κ1) is 14.0. The average Bonchev–Trinajstić information content (AvgIpc) is 3.16. The van der Waals surface area contributed by atoms with Gasteiger partial charge < -0.3 is 10.0 Å². The van der Waals surface area contributed by atoms with Crippen molar-refractivity contribution >= 4 is 11.9 Å². The van der Waals surface area contributed by atoms with Crippen molar-refractivity contribution in [3.8, 4) is 0 Å². The third kappa shape index (κ3) is 2.64. The Hall–Kier alpha value is -1.91. The molecule has 5 nitrogen and oxygen atoms in total. The number of hydrogen-bond donors (Lipinski definition) is 1. The van der Waals surface area contributed by atoms with E-state index in [2.05, 4.69) is 4.98 Å². The Balaban J connectivity index is 1.79. The Labute approximate surface area is 124 Å². The lowest BCUT2D eigenvalue weighted by molar-refractivity contribution is -0.149. The molecule has 0 bridgehead atoms. The van der Waals surface area contributed by atoms with Gasteiger partial charge in [-0.05, 0) is 37.3 Å². The molecule has 3 unspecified atom stereocenters. The van der Waals surface area contributed by atoms with Crippen LogP contribution in [0.3, 0.4) is 0 Å². The SMILES string of the molecule is O=C(O)C1CCCC1C(=O)N1CCCC1c1cccnc1. The summed E-state index contributed by atoms with van der Waals surface area (Å²) >= 11 is 0. The highest BCUT2D eigenvalue weighted by Gasteiger charge is 2.42. The third-order valence-electron chi connectivity index (χ3n) is 4.76. The van der Waals surface area contributed by atoms with Gasteiger partial charge in [0.05, 0.1) is 17.9 Å². The second-order valence-corrected chi connectivity index (χ2v) is 5.96. The number of likely N-dealkylation sites (tertiary alicyclic amines) is 1. The fourth-order valence-electron chi connectivity index (χ4n) is 3.71. The van der Waals surface area contributed by atoms with E-state index in [9.17, 15) is 14.7 Å². The second kappa shape index (κ2) is 5.84. The molecule has 2 fully saturated rings. The van der Waals surface area contributed by atoms with Crippen LogP contribution in [-0.4, -0.2) is 33.4 Å². The van der Waals surface area contributed by atoms with Crippen LogP contribution in [0.25, 0.3) is 0 Å². The number of nitrogens with zero attached hydrogens (tertiary/aromatic N) is 2. The minimum Gasteiger partial charge on any atom is -0.481 e. The van der Waals surface area contributed by atoms with E-state index in [1.807, 2.05) is 17.0 Å². The van der Waals surface area contributed by atoms with Crippen LogP contribution in [0.5, 0.6) is 0 Å². The van der Waals surface area contributed by atoms with Crippen LogP contribution in [0, 0.1) is 11.8 Å². The number of carboxylic acid groups (broad SMARTS) is 1. The summed E-state index contributed by atoms with van der Waals surface area (Å²) in [6.07, 6.45) is 7.58. The highest BCUT2D eigenvalue weighted by molar-refractivity contribution is 5.85. The van der Waals surface area contributed by atoms with Gasteiger partial charge in [-0.3, -0.25) is 14.6 Å². The van der Waals surface area contributed by atoms with Crippen LogP contribution in [0.15, 0.2) is 24.5 Å². The fraction of sp³-hybridized carbons (Fsp3) is 0.562. The van der Waals surface area contributed by atoms with Gasteiger partial charge in [0.15, 0.2) is 0 Å². The van der Waals surface area contributed by atoms with Gasteiger partial charge in [0, 0.05) is 18.9 Å². The fourth-order valence-corrected chi connectivity index (χ4v) is 3.71. The molecule has 1 saturated carbocycles. The van der Waals surface area contributed by atoms with Crippen molar-refractivity contribution in [1.29, 1.82) is 0 Å². The number of carbonyl (C=O) groups excluding carboxylic acids is 1. The maximum absolute atomic E-state index is 12.8. The first-order valence-corrected chi connectivity index (χ1v) is 7.61. The Kier molecular flexibility index (Phi) is 3.90. The molecule has 1 aliphatic carbocycles. The quantitative estimate of drug-likeness (QED) is 0.926. The Bertz CT molecular complexity index is 532. The van der Waals surface area contributed by atoms with Crippen molar-refractivity contribution in [2.45, 2.75) is 38.1 Å². The zero-order chi connectivity index (χ0) is 14.8. The highest BCUT2D eigenvalue weighted by Crippen LogP contribution is 2.38. The van der Waals surface area contributed by atoms with Gasteiger partial charge in [-0.2, -0.15) is 0 Å². The molecule has 2 heterocycles.